The molecular formula is C26H29N9O2. The molecule has 0 spiro atoms. The van der Waals surface area contributed by atoms with Crippen molar-refractivity contribution in [2.45, 2.75) is 39.0 Å². The van der Waals surface area contributed by atoms with E-state index < -0.39 is 0 Å². The maximum Gasteiger partial charge on any atom is 0.261 e. The number of imidazole rings is 1. The van der Waals surface area contributed by atoms with Crippen LogP contribution in [0.15, 0.2) is 47.7 Å². The number of hydrogen-bond acceptors (Lipinski definition) is 8. The Morgan fingerprint density at radius 3 is 2.62 bits per heavy atom. The lowest BCUT2D eigenvalue weighted by Crippen LogP contribution is -2.45. The second kappa shape index (κ2) is 9.00. The fourth-order valence-electron chi connectivity index (χ4n) is 5.06. The van der Waals surface area contributed by atoms with E-state index in [1.54, 1.807) is 29.3 Å². The zero-order valence-electron chi connectivity index (χ0n) is 21.2. The Labute approximate surface area is 212 Å². The lowest BCUT2D eigenvalue weighted by atomic mass is 10.1. The Morgan fingerprint density at radius 1 is 1.11 bits per heavy atom. The fraction of sp³-hybridized carbons (Fsp3) is 0.346. The van der Waals surface area contributed by atoms with E-state index in [9.17, 15) is 4.79 Å². The average Bonchev–Trinajstić information content (AvgIpc) is 3.45. The molecule has 2 unspecified atom stereocenters. The van der Waals surface area contributed by atoms with Crippen molar-refractivity contribution >= 4 is 33.4 Å². The second-order valence-corrected chi connectivity index (χ2v) is 9.69. The van der Waals surface area contributed by atoms with Gasteiger partial charge in [0.15, 0.2) is 0 Å². The summed E-state index contributed by atoms with van der Waals surface area (Å²) >= 11 is 0. The second-order valence-electron chi connectivity index (χ2n) is 9.69. The lowest BCUT2D eigenvalue weighted by molar-refractivity contribution is -0.00521. The van der Waals surface area contributed by atoms with Gasteiger partial charge >= 0.3 is 0 Å². The van der Waals surface area contributed by atoms with Crippen molar-refractivity contribution < 1.29 is 4.74 Å². The van der Waals surface area contributed by atoms with Crippen LogP contribution in [-0.4, -0.2) is 60.0 Å². The molecule has 1 fully saturated rings. The van der Waals surface area contributed by atoms with Gasteiger partial charge in [0.25, 0.3) is 5.56 Å². The van der Waals surface area contributed by atoms with Crippen molar-refractivity contribution in [3.63, 3.8) is 0 Å². The standard InChI is InChI=1S/C26H29N9O2/c1-14-11-35(12-15(2)37-14)17-6-7-18-19(10-17)31-25(30-18)21-23(29-16(3)24-27-8-5-9-28-24)22-20(32-26(21)36)13-34(4)33-22/h5-10,13-16,29H,11-12H2,1-4H3,(H,30,31)(H,32,36)/t14?,15?,16-/m0/s1. The summed E-state index contributed by atoms with van der Waals surface area (Å²) < 4.78 is 7.57. The monoisotopic (exact) mass is 499 g/mol. The molecule has 190 valence electrons. The molecule has 4 aromatic heterocycles. The first-order chi connectivity index (χ1) is 17.9. The van der Waals surface area contributed by atoms with Crippen LogP contribution in [0, 0.1) is 0 Å². The summed E-state index contributed by atoms with van der Waals surface area (Å²) in [5.41, 5.74) is 4.69. The van der Waals surface area contributed by atoms with Crippen molar-refractivity contribution in [2.75, 3.05) is 23.3 Å². The normalized spacial score (nSPS) is 19.0. The number of aromatic nitrogens is 7. The molecule has 5 heterocycles. The van der Waals surface area contributed by atoms with E-state index in [0.717, 1.165) is 29.8 Å². The van der Waals surface area contributed by atoms with Gasteiger partial charge in [-0.25, -0.2) is 15.0 Å². The zero-order valence-corrected chi connectivity index (χ0v) is 21.2. The molecule has 0 aliphatic carbocycles. The highest BCUT2D eigenvalue weighted by atomic mass is 16.5. The van der Waals surface area contributed by atoms with Crippen molar-refractivity contribution in [1.82, 2.24) is 34.7 Å². The largest absolute Gasteiger partial charge is 0.373 e. The fourth-order valence-corrected chi connectivity index (χ4v) is 5.06. The van der Waals surface area contributed by atoms with E-state index in [-0.39, 0.29) is 23.8 Å². The van der Waals surface area contributed by atoms with Gasteiger partial charge in [0.1, 0.15) is 22.7 Å². The number of nitrogens with zero attached hydrogens (tertiary/aromatic N) is 6. The molecular weight excluding hydrogens is 470 g/mol. The third kappa shape index (κ3) is 4.31. The summed E-state index contributed by atoms with van der Waals surface area (Å²) in [5.74, 6) is 1.08. The van der Waals surface area contributed by atoms with E-state index in [0.29, 0.717) is 33.9 Å². The number of fused-ring (bicyclic) bond motifs is 2. The highest BCUT2D eigenvalue weighted by Crippen LogP contribution is 2.33. The smallest absolute Gasteiger partial charge is 0.261 e. The first-order valence-electron chi connectivity index (χ1n) is 12.4. The van der Waals surface area contributed by atoms with E-state index in [4.69, 9.17) is 9.72 Å². The van der Waals surface area contributed by atoms with Crippen LogP contribution in [-0.2, 0) is 11.8 Å². The van der Waals surface area contributed by atoms with Crippen molar-refractivity contribution in [1.29, 1.82) is 0 Å². The number of hydrogen-bond donors (Lipinski definition) is 3. The molecule has 0 amide bonds. The molecule has 5 aromatic rings. The number of rotatable bonds is 5. The van der Waals surface area contributed by atoms with E-state index in [1.807, 2.05) is 20.0 Å². The Morgan fingerprint density at radius 2 is 1.86 bits per heavy atom. The summed E-state index contributed by atoms with van der Waals surface area (Å²) in [6.07, 6.45) is 5.49. The summed E-state index contributed by atoms with van der Waals surface area (Å²) in [7, 11) is 1.82. The topological polar surface area (TPSA) is 130 Å². The predicted molar refractivity (Wildman–Crippen MR) is 143 cm³/mol. The van der Waals surface area contributed by atoms with Gasteiger partial charge in [0.2, 0.25) is 0 Å². The minimum absolute atomic E-state index is 0.157. The van der Waals surface area contributed by atoms with Crippen molar-refractivity contribution in [3.05, 3.63) is 59.0 Å². The Bertz CT molecular complexity index is 1630. The minimum atomic E-state index is -0.270. The highest BCUT2D eigenvalue weighted by Gasteiger charge is 2.24. The van der Waals surface area contributed by atoms with Crippen LogP contribution >= 0.6 is 0 Å². The maximum atomic E-state index is 13.4. The van der Waals surface area contributed by atoms with Crippen molar-refractivity contribution in [2.24, 2.45) is 7.05 Å². The van der Waals surface area contributed by atoms with Crippen LogP contribution in [0.5, 0.6) is 0 Å². The van der Waals surface area contributed by atoms with E-state index >= 15 is 0 Å². The van der Waals surface area contributed by atoms with Gasteiger partial charge in [-0.15, -0.1) is 0 Å². The van der Waals surface area contributed by atoms with Crippen molar-refractivity contribution in [3.8, 4) is 11.4 Å². The SMILES string of the molecule is CC1CN(c2ccc3nc(-c4c(N[C@@H](C)c5ncccn5)c5nn(C)cc5[nH]c4=O)[nH]c3c2)CC(C)O1. The minimum Gasteiger partial charge on any atom is -0.373 e. The van der Waals surface area contributed by atoms with Crippen LogP contribution in [0.1, 0.15) is 32.6 Å². The molecule has 0 saturated carbocycles. The van der Waals surface area contributed by atoms with E-state index in [1.165, 1.54) is 0 Å². The molecule has 37 heavy (non-hydrogen) atoms. The number of nitrogens with one attached hydrogen (secondary N) is 3. The number of pyridine rings is 1. The molecule has 6 rings (SSSR count). The van der Waals surface area contributed by atoms with Gasteiger partial charge in [-0.2, -0.15) is 5.10 Å². The average molecular weight is 500 g/mol. The molecule has 1 saturated heterocycles. The summed E-state index contributed by atoms with van der Waals surface area (Å²) in [6.45, 7) is 7.77. The number of aryl methyl sites for hydroxylation is 1. The summed E-state index contributed by atoms with van der Waals surface area (Å²) in [6, 6.07) is 7.63. The van der Waals surface area contributed by atoms with Crippen LogP contribution in [0.25, 0.3) is 33.5 Å². The number of ether oxygens (including phenoxy) is 1. The Hall–Kier alpha value is -4.25. The van der Waals surface area contributed by atoms with Gasteiger partial charge < -0.3 is 24.9 Å². The molecule has 0 bridgehead atoms. The lowest BCUT2D eigenvalue weighted by Gasteiger charge is -2.36. The molecule has 1 aliphatic rings. The van der Waals surface area contributed by atoms with Gasteiger partial charge in [-0.05, 0) is 45.0 Å². The Kier molecular flexibility index (Phi) is 5.64. The number of benzene rings is 1. The van der Waals surface area contributed by atoms with Crippen LogP contribution in [0.2, 0.25) is 0 Å². The maximum absolute atomic E-state index is 13.4. The third-order valence-corrected chi connectivity index (χ3v) is 6.61. The molecule has 3 atom stereocenters. The van der Waals surface area contributed by atoms with Gasteiger partial charge in [-0.1, -0.05) is 0 Å². The molecule has 11 heteroatoms. The number of H-pyrrole nitrogens is 2. The number of aromatic amines is 2. The third-order valence-electron chi connectivity index (χ3n) is 6.61. The van der Waals surface area contributed by atoms with Crippen LogP contribution in [0.4, 0.5) is 11.4 Å². The summed E-state index contributed by atoms with van der Waals surface area (Å²) in [5, 5.41) is 8.05. The van der Waals surface area contributed by atoms with Crippen LogP contribution in [0.3, 0.4) is 0 Å². The first-order valence-corrected chi connectivity index (χ1v) is 12.4. The van der Waals surface area contributed by atoms with E-state index in [2.05, 4.69) is 61.2 Å². The highest BCUT2D eigenvalue weighted by molar-refractivity contribution is 5.96. The molecule has 0 radical (unpaired) electrons. The molecule has 1 aliphatic heterocycles. The van der Waals surface area contributed by atoms with Gasteiger partial charge in [0.05, 0.1) is 40.5 Å². The number of morpholine rings is 1. The molecule has 1 aromatic carbocycles. The first kappa shape index (κ1) is 23.2. The van der Waals surface area contributed by atoms with Gasteiger partial charge in [-0.3, -0.25) is 9.48 Å². The molecule has 11 nitrogen and oxygen atoms in total. The van der Waals surface area contributed by atoms with Crippen LogP contribution < -0.4 is 15.8 Å². The Balaban J connectivity index is 1.45. The molecule has 3 N–H and O–H groups in total. The quantitative estimate of drug-likeness (QED) is 0.336. The summed E-state index contributed by atoms with van der Waals surface area (Å²) in [4.78, 5) is 35.6. The van der Waals surface area contributed by atoms with Gasteiger partial charge in [0, 0.05) is 44.4 Å². The number of anilines is 2. The zero-order chi connectivity index (χ0) is 25.7. The predicted octanol–water partition coefficient (Wildman–Crippen LogP) is 3.38.